The maximum absolute atomic E-state index is 10.0. The van der Waals surface area contributed by atoms with E-state index in [1.807, 2.05) is 0 Å². The van der Waals surface area contributed by atoms with E-state index in [1.54, 1.807) is 11.8 Å². The lowest BCUT2D eigenvalue weighted by atomic mass is 10.1. The molecule has 3 heteroatoms. The van der Waals surface area contributed by atoms with Crippen molar-refractivity contribution < 1.29 is 5.11 Å². The molecule has 1 aromatic carbocycles. The summed E-state index contributed by atoms with van der Waals surface area (Å²) in [5.74, 6) is 0. The van der Waals surface area contributed by atoms with Crippen LogP contribution < -0.4 is 5.32 Å². The SMILES string of the molecule is CSc1ccc(NC2CCCCCC2O)cc1. The van der Waals surface area contributed by atoms with Crippen LogP contribution in [0.5, 0.6) is 0 Å². The van der Waals surface area contributed by atoms with Gasteiger partial charge >= 0.3 is 0 Å². The highest BCUT2D eigenvalue weighted by molar-refractivity contribution is 7.98. The van der Waals surface area contributed by atoms with E-state index in [1.165, 1.54) is 17.7 Å². The van der Waals surface area contributed by atoms with Gasteiger partial charge < -0.3 is 10.4 Å². The van der Waals surface area contributed by atoms with Crippen molar-refractivity contribution >= 4 is 17.4 Å². The molecule has 0 saturated heterocycles. The first kappa shape index (κ1) is 12.8. The summed E-state index contributed by atoms with van der Waals surface area (Å²) >= 11 is 1.75. The fourth-order valence-corrected chi connectivity index (χ4v) is 2.77. The van der Waals surface area contributed by atoms with Gasteiger partial charge in [0, 0.05) is 10.6 Å². The van der Waals surface area contributed by atoms with Crippen LogP contribution in [0.25, 0.3) is 0 Å². The lowest BCUT2D eigenvalue weighted by Crippen LogP contribution is -2.32. The highest BCUT2D eigenvalue weighted by Crippen LogP contribution is 2.23. The Balaban J connectivity index is 1.98. The average molecular weight is 251 g/mol. The zero-order valence-corrected chi connectivity index (χ0v) is 11.2. The van der Waals surface area contributed by atoms with E-state index in [2.05, 4.69) is 35.8 Å². The number of nitrogens with one attached hydrogen (secondary N) is 1. The molecule has 0 aromatic heterocycles. The van der Waals surface area contributed by atoms with Gasteiger partial charge in [-0.25, -0.2) is 0 Å². The monoisotopic (exact) mass is 251 g/mol. The maximum atomic E-state index is 10.0. The summed E-state index contributed by atoms with van der Waals surface area (Å²) in [5.41, 5.74) is 1.12. The van der Waals surface area contributed by atoms with Gasteiger partial charge in [-0.15, -0.1) is 11.8 Å². The van der Waals surface area contributed by atoms with Gasteiger partial charge in [0.2, 0.25) is 0 Å². The Hall–Kier alpha value is -0.670. The Morgan fingerprint density at radius 1 is 1.12 bits per heavy atom. The van der Waals surface area contributed by atoms with Gasteiger partial charge in [-0.05, 0) is 43.4 Å². The second-order valence-corrected chi connectivity index (χ2v) is 5.56. The molecule has 0 aliphatic heterocycles. The number of anilines is 1. The Kier molecular flexibility index (Phi) is 4.75. The Morgan fingerprint density at radius 3 is 2.53 bits per heavy atom. The number of hydrogen-bond donors (Lipinski definition) is 2. The third-order valence-electron chi connectivity index (χ3n) is 3.42. The molecular formula is C14H21NOS. The van der Waals surface area contributed by atoms with Gasteiger partial charge in [-0.2, -0.15) is 0 Å². The van der Waals surface area contributed by atoms with Crippen LogP contribution in [0.15, 0.2) is 29.2 Å². The van der Waals surface area contributed by atoms with E-state index in [9.17, 15) is 5.11 Å². The van der Waals surface area contributed by atoms with Gasteiger partial charge in [0.25, 0.3) is 0 Å². The maximum Gasteiger partial charge on any atom is 0.0741 e. The molecule has 2 unspecified atom stereocenters. The summed E-state index contributed by atoms with van der Waals surface area (Å²) in [7, 11) is 0. The molecule has 0 heterocycles. The van der Waals surface area contributed by atoms with E-state index in [4.69, 9.17) is 0 Å². The van der Waals surface area contributed by atoms with Crippen LogP contribution in [0, 0.1) is 0 Å². The summed E-state index contributed by atoms with van der Waals surface area (Å²) in [4.78, 5) is 1.27. The Labute approximate surface area is 108 Å². The molecule has 2 N–H and O–H groups in total. The number of aliphatic hydroxyl groups is 1. The summed E-state index contributed by atoms with van der Waals surface area (Å²) < 4.78 is 0. The van der Waals surface area contributed by atoms with Gasteiger partial charge in [-0.1, -0.05) is 19.3 Å². The minimum atomic E-state index is -0.197. The predicted octanol–water partition coefficient (Wildman–Crippen LogP) is 3.51. The van der Waals surface area contributed by atoms with E-state index in [-0.39, 0.29) is 12.1 Å². The first-order valence-electron chi connectivity index (χ1n) is 6.38. The van der Waals surface area contributed by atoms with Gasteiger partial charge in [0.05, 0.1) is 12.1 Å². The number of hydrogen-bond acceptors (Lipinski definition) is 3. The Bertz CT molecular complexity index is 339. The number of rotatable bonds is 3. The van der Waals surface area contributed by atoms with Crippen molar-refractivity contribution in [1.29, 1.82) is 0 Å². The second kappa shape index (κ2) is 6.31. The molecule has 2 atom stereocenters. The van der Waals surface area contributed by atoms with Crippen molar-refractivity contribution in [1.82, 2.24) is 0 Å². The third kappa shape index (κ3) is 3.65. The minimum absolute atomic E-state index is 0.197. The van der Waals surface area contributed by atoms with Crippen LogP contribution >= 0.6 is 11.8 Å². The molecule has 94 valence electrons. The Morgan fingerprint density at radius 2 is 1.82 bits per heavy atom. The van der Waals surface area contributed by atoms with E-state index >= 15 is 0 Å². The molecule has 1 fully saturated rings. The first-order chi connectivity index (χ1) is 8.29. The van der Waals surface area contributed by atoms with E-state index in [0.717, 1.165) is 24.9 Å². The molecule has 1 aliphatic rings. The lowest BCUT2D eigenvalue weighted by molar-refractivity contribution is 0.144. The molecule has 2 nitrogen and oxygen atoms in total. The lowest BCUT2D eigenvalue weighted by Gasteiger charge is -2.23. The molecule has 0 amide bonds. The van der Waals surface area contributed by atoms with Gasteiger partial charge in [0.1, 0.15) is 0 Å². The highest BCUT2D eigenvalue weighted by atomic mass is 32.2. The molecule has 0 bridgehead atoms. The van der Waals surface area contributed by atoms with Crippen molar-refractivity contribution in [3.8, 4) is 0 Å². The third-order valence-corrected chi connectivity index (χ3v) is 4.17. The number of thioether (sulfide) groups is 1. The topological polar surface area (TPSA) is 32.3 Å². The summed E-state index contributed by atoms with van der Waals surface area (Å²) in [6.07, 6.45) is 7.52. The fraction of sp³-hybridized carbons (Fsp3) is 0.571. The molecule has 1 saturated carbocycles. The summed E-state index contributed by atoms with van der Waals surface area (Å²) in [6, 6.07) is 8.66. The molecule has 0 radical (unpaired) electrons. The van der Waals surface area contributed by atoms with Crippen molar-refractivity contribution in [2.24, 2.45) is 0 Å². The largest absolute Gasteiger partial charge is 0.391 e. The van der Waals surface area contributed by atoms with Crippen LogP contribution in [0.3, 0.4) is 0 Å². The molecule has 0 spiro atoms. The predicted molar refractivity (Wildman–Crippen MR) is 74.7 cm³/mol. The quantitative estimate of drug-likeness (QED) is 0.637. The van der Waals surface area contributed by atoms with Crippen molar-refractivity contribution in [3.63, 3.8) is 0 Å². The van der Waals surface area contributed by atoms with Gasteiger partial charge in [0.15, 0.2) is 0 Å². The molecule has 1 aliphatic carbocycles. The van der Waals surface area contributed by atoms with Gasteiger partial charge in [-0.3, -0.25) is 0 Å². The van der Waals surface area contributed by atoms with Crippen LogP contribution in [0.4, 0.5) is 5.69 Å². The minimum Gasteiger partial charge on any atom is -0.391 e. The standard InChI is InChI=1S/C14H21NOS/c1-17-12-9-7-11(8-10-12)15-13-5-3-2-4-6-14(13)16/h7-10,13-16H,2-6H2,1H3. The smallest absolute Gasteiger partial charge is 0.0741 e. The van der Waals surface area contributed by atoms with E-state index in [0.29, 0.717) is 0 Å². The normalized spacial score (nSPS) is 25.3. The highest BCUT2D eigenvalue weighted by Gasteiger charge is 2.21. The number of aliphatic hydroxyl groups excluding tert-OH is 1. The van der Waals surface area contributed by atoms with Crippen LogP contribution in [-0.4, -0.2) is 23.5 Å². The van der Waals surface area contributed by atoms with Crippen molar-refractivity contribution in [2.75, 3.05) is 11.6 Å². The second-order valence-electron chi connectivity index (χ2n) is 4.68. The zero-order valence-electron chi connectivity index (χ0n) is 10.4. The van der Waals surface area contributed by atoms with Crippen LogP contribution in [-0.2, 0) is 0 Å². The van der Waals surface area contributed by atoms with Crippen LogP contribution in [0.2, 0.25) is 0 Å². The zero-order chi connectivity index (χ0) is 12.1. The molecule has 17 heavy (non-hydrogen) atoms. The summed E-state index contributed by atoms with van der Waals surface area (Å²) in [5, 5.41) is 13.5. The van der Waals surface area contributed by atoms with E-state index < -0.39 is 0 Å². The first-order valence-corrected chi connectivity index (χ1v) is 7.61. The van der Waals surface area contributed by atoms with Crippen LogP contribution in [0.1, 0.15) is 32.1 Å². The molecule has 2 rings (SSSR count). The molecule has 1 aromatic rings. The summed E-state index contributed by atoms with van der Waals surface area (Å²) in [6.45, 7) is 0. The number of benzene rings is 1. The molecular weight excluding hydrogens is 230 g/mol. The van der Waals surface area contributed by atoms with Crippen molar-refractivity contribution in [3.05, 3.63) is 24.3 Å². The average Bonchev–Trinajstić information content (AvgIpc) is 2.56. The fourth-order valence-electron chi connectivity index (χ4n) is 2.36. The van der Waals surface area contributed by atoms with Crippen molar-refractivity contribution in [2.45, 2.75) is 49.1 Å².